The molecule has 0 amide bonds. The Balaban J connectivity index is 1.89. The van der Waals surface area contributed by atoms with E-state index in [0.29, 0.717) is 12.0 Å². The number of benzene rings is 1. The summed E-state index contributed by atoms with van der Waals surface area (Å²) in [4.78, 5) is 16.3. The molecule has 4 rings (SSSR count). The first-order valence-corrected chi connectivity index (χ1v) is 8.66. The molecule has 1 aromatic carbocycles. The number of aromatic nitrogens is 3. The fourth-order valence-electron chi connectivity index (χ4n) is 3.49. The number of rotatable bonds is 2. The summed E-state index contributed by atoms with van der Waals surface area (Å²) >= 11 is 0. The van der Waals surface area contributed by atoms with E-state index < -0.39 is 0 Å². The summed E-state index contributed by atoms with van der Waals surface area (Å²) in [6.07, 6.45) is 6.08. The molecule has 0 saturated carbocycles. The Morgan fingerprint density at radius 3 is 2.58 bits per heavy atom. The van der Waals surface area contributed by atoms with E-state index in [1.165, 1.54) is 12.8 Å². The van der Waals surface area contributed by atoms with Crippen LogP contribution in [0.2, 0.25) is 0 Å². The molecule has 2 aromatic heterocycles. The molecule has 1 fully saturated rings. The molecule has 4 heteroatoms. The van der Waals surface area contributed by atoms with Crippen LogP contribution in [0.4, 0.5) is 5.82 Å². The van der Waals surface area contributed by atoms with Gasteiger partial charge in [-0.15, -0.1) is 0 Å². The smallest absolute Gasteiger partial charge is 0.162 e. The predicted molar refractivity (Wildman–Crippen MR) is 98.0 cm³/mol. The van der Waals surface area contributed by atoms with Crippen molar-refractivity contribution in [1.82, 2.24) is 15.0 Å². The van der Waals surface area contributed by atoms with E-state index >= 15 is 0 Å². The van der Waals surface area contributed by atoms with Gasteiger partial charge in [0.25, 0.3) is 0 Å². The minimum atomic E-state index is 0.504. The quantitative estimate of drug-likeness (QED) is 0.706. The molecular weight excluding hydrogens is 296 g/mol. The average molecular weight is 318 g/mol. The van der Waals surface area contributed by atoms with Gasteiger partial charge in [-0.05, 0) is 49.9 Å². The lowest BCUT2D eigenvalue weighted by molar-refractivity contribution is 0.389. The lowest BCUT2D eigenvalue weighted by Gasteiger charge is -2.38. The van der Waals surface area contributed by atoms with Crippen LogP contribution in [0.25, 0.3) is 22.3 Å². The summed E-state index contributed by atoms with van der Waals surface area (Å²) in [5.74, 6) is 2.53. The number of hydrogen-bond acceptors (Lipinski definition) is 4. The van der Waals surface area contributed by atoms with E-state index in [9.17, 15) is 0 Å². The number of anilines is 1. The zero-order chi connectivity index (χ0) is 16.5. The highest BCUT2D eigenvalue weighted by Gasteiger charge is 2.26. The van der Waals surface area contributed by atoms with Gasteiger partial charge in [-0.3, -0.25) is 4.98 Å². The van der Waals surface area contributed by atoms with Crippen molar-refractivity contribution < 1.29 is 0 Å². The van der Waals surface area contributed by atoms with Gasteiger partial charge in [-0.2, -0.15) is 0 Å². The Morgan fingerprint density at radius 2 is 1.75 bits per heavy atom. The third-order valence-corrected chi connectivity index (χ3v) is 4.91. The molecule has 1 saturated heterocycles. The second kappa shape index (κ2) is 6.19. The Labute approximate surface area is 142 Å². The maximum absolute atomic E-state index is 4.97. The predicted octanol–water partition coefficient (Wildman–Crippen LogP) is 4.32. The third-order valence-electron chi connectivity index (χ3n) is 4.91. The SMILES string of the molecule is CC1CCC(C)N(c2nc(-c3ccncc3)nc3ccccc23)C1. The summed E-state index contributed by atoms with van der Waals surface area (Å²) < 4.78 is 0. The zero-order valence-corrected chi connectivity index (χ0v) is 14.2. The molecule has 0 radical (unpaired) electrons. The first-order chi connectivity index (χ1) is 11.7. The molecule has 0 spiro atoms. The first-order valence-electron chi connectivity index (χ1n) is 8.66. The maximum Gasteiger partial charge on any atom is 0.162 e. The van der Waals surface area contributed by atoms with Gasteiger partial charge in [0, 0.05) is 35.9 Å². The highest BCUT2D eigenvalue weighted by Crippen LogP contribution is 2.32. The molecule has 1 aliphatic heterocycles. The Kier molecular flexibility index (Phi) is 3.89. The van der Waals surface area contributed by atoms with E-state index in [1.807, 2.05) is 18.2 Å². The van der Waals surface area contributed by atoms with E-state index in [2.05, 4.69) is 41.9 Å². The number of fused-ring (bicyclic) bond motifs is 1. The van der Waals surface area contributed by atoms with Gasteiger partial charge in [0.2, 0.25) is 0 Å². The highest BCUT2D eigenvalue weighted by molar-refractivity contribution is 5.91. The summed E-state index contributed by atoms with van der Waals surface area (Å²) in [6.45, 7) is 5.68. The molecule has 2 unspecified atom stereocenters. The summed E-state index contributed by atoms with van der Waals surface area (Å²) in [5, 5.41) is 1.14. The molecule has 3 aromatic rings. The molecule has 122 valence electrons. The molecule has 4 nitrogen and oxygen atoms in total. The highest BCUT2D eigenvalue weighted by atomic mass is 15.2. The van der Waals surface area contributed by atoms with Gasteiger partial charge in [0.15, 0.2) is 5.82 Å². The van der Waals surface area contributed by atoms with Crippen LogP contribution in [0.1, 0.15) is 26.7 Å². The van der Waals surface area contributed by atoms with Crippen molar-refractivity contribution in [3.05, 3.63) is 48.8 Å². The minimum absolute atomic E-state index is 0.504. The van der Waals surface area contributed by atoms with Crippen molar-refractivity contribution in [2.75, 3.05) is 11.4 Å². The van der Waals surface area contributed by atoms with E-state index in [0.717, 1.165) is 34.7 Å². The fourth-order valence-corrected chi connectivity index (χ4v) is 3.49. The van der Waals surface area contributed by atoms with Crippen molar-refractivity contribution in [2.24, 2.45) is 5.92 Å². The van der Waals surface area contributed by atoms with Gasteiger partial charge >= 0.3 is 0 Å². The molecule has 0 aliphatic carbocycles. The van der Waals surface area contributed by atoms with Crippen molar-refractivity contribution in [2.45, 2.75) is 32.7 Å². The Morgan fingerprint density at radius 1 is 0.958 bits per heavy atom. The largest absolute Gasteiger partial charge is 0.353 e. The first kappa shape index (κ1) is 15.1. The van der Waals surface area contributed by atoms with E-state index in [4.69, 9.17) is 9.97 Å². The number of hydrogen-bond donors (Lipinski definition) is 0. The molecule has 24 heavy (non-hydrogen) atoms. The number of para-hydroxylation sites is 1. The molecule has 3 heterocycles. The number of piperidine rings is 1. The lowest BCUT2D eigenvalue weighted by atomic mass is 9.95. The van der Waals surface area contributed by atoms with E-state index in [-0.39, 0.29) is 0 Å². The summed E-state index contributed by atoms with van der Waals surface area (Å²) in [6, 6.07) is 12.8. The number of nitrogens with zero attached hydrogens (tertiary/aromatic N) is 4. The Bertz CT molecular complexity index is 847. The van der Waals surface area contributed by atoms with Crippen LogP contribution in [-0.4, -0.2) is 27.5 Å². The standard InChI is InChI=1S/C20H22N4/c1-14-7-8-15(2)24(13-14)20-17-5-3-4-6-18(17)22-19(23-20)16-9-11-21-12-10-16/h3-6,9-12,14-15H,7-8,13H2,1-2H3. The number of pyridine rings is 1. The minimum Gasteiger partial charge on any atom is -0.353 e. The molecular formula is C20H22N4. The second-order valence-electron chi connectivity index (χ2n) is 6.81. The van der Waals surface area contributed by atoms with Crippen molar-refractivity contribution >= 4 is 16.7 Å². The van der Waals surface area contributed by atoms with Crippen LogP contribution in [0.3, 0.4) is 0 Å². The second-order valence-corrected chi connectivity index (χ2v) is 6.81. The molecule has 1 aliphatic rings. The van der Waals surface area contributed by atoms with Gasteiger partial charge < -0.3 is 4.90 Å². The van der Waals surface area contributed by atoms with Crippen LogP contribution in [0, 0.1) is 5.92 Å². The summed E-state index contributed by atoms with van der Waals surface area (Å²) in [5.41, 5.74) is 2.01. The molecule has 2 atom stereocenters. The van der Waals surface area contributed by atoms with Crippen LogP contribution in [-0.2, 0) is 0 Å². The normalized spacial score (nSPS) is 21.2. The van der Waals surface area contributed by atoms with Crippen LogP contribution >= 0.6 is 0 Å². The van der Waals surface area contributed by atoms with Gasteiger partial charge in [-0.25, -0.2) is 9.97 Å². The van der Waals surface area contributed by atoms with Crippen molar-refractivity contribution in [3.63, 3.8) is 0 Å². The topological polar surface area (TPSA) is 41.9 Å². The van der Waals surface area contributed by atoms with Crippen molar-refractivity contribution in [1.29, 1.82) is 0 Å². The van der Waals surface area contributed by atoms with Crippen molar-refractivity contribution in [3.8, 4) is 11.4 Å². The third kappa shape index (κ3) is 2.73. The molecule has 0 bridgehead atoms. The fraction of sp³-hybridized carbons (Fsp3) is 0.350. The maximum atomic E-state index is 4.97. The van der Waals surface area contributed by atoms with E-state index in [1.54, 1.807) is 12.4 Å². The van der Waals surface area contributed by atoms with Crippen LogP contribution < -0.4 is 4.90 Å². The van der Waals surface area contributed by atoms with Gasteiger partial charge in [0.1, 0.15) is 5.82 Å². The zero-order valence-electron chi connectivity index (χ0n) is 14.2. The van der Waals surface area contributed by atoms with Gasteiger partial charge in [0.05, 0.1) is 5.52 Å². The van der Waals surface area contributed by atoms with Crippen LogP contribution in [0.5, 0.6) is 0 Å². The monoisotopic (exact) mass is 318 g/mol. The Hall–Kier alpha value is -2.49. The van der Waals surface area contributed by atoms with Crippen LogP contribution in [0.15, 0.2) is 48.8 Å². The van der Waals surface area contributed by atoms with Gasteiger partial charge in [-0.1, -0.05) is 19.1 Å². The summed E-state index contributed by atoms with van der Waals surface area (Å²) in [7, 11) is 0. The molecule has 0 N–H and O–H groups in total. The lowest BCUT2D eigenvalue weighted by Crippen LogP contribution is -2.41. The average Bonchev–Trinajstić information content (AvgIpc) is 2.63.